The maximum absolute atomic E-state index is 10.0. The Hall–Kier alpha value is -0.300. The van der Waals surface area contributed by atoms with Crippen LogP contribution in [-0.2, 0) is 0 Å². The maximum atomic E-state index is 10.0. The van der Waals surface area contributed by atoms with Gasteiger partial charge in [0.2, 0.25) is 0 Å². The molecule has 0 radical (unpaired) electrons. The molecule has 3 atom stereocenters. The molecule has 1 N–H and O–H groups in total. The van der Waals surface area contributed by atoms with Crippen molar-refractivity contribution in [2.45, 2.75) is 45.6 Å². The standard InChI is InChI=1S/C11H20O/c1-8(2)10-6-5-9(3)11(4,12)7-10/h9-10,12H,1,5-7H2,2-4H3/t9-,10+,11-/m0/s1. The topological polar surface area (TPSA) is 20.2 Å². The fraction of sp³-hybridized carbons (Fsp3) is 0.818. The Kier molecular flexibility index (Phi) is 2.62. The molecule has 0 bridgehead atoms. The summed E-state index contributed by atoms with van der Waals surface area (Å²) in [4.78, 5) is 0. The van der Waals surface area contributed by atoms with Crippen LogP contribution in [0.3, 0.4) is 0 Å². The van der Waals surface area contributed by atoms with Gasteiger partial charge in [0.05, 0.1) is 5.60 Å². The van der Waals surface area contributed by atoms with Crippen LogP contribution in [0.25, 0.3) is 0 Å². The van der Waals surface area contributed by atoms with E-state index in [-0.39, 0.29) is 0 Å². The molecule has 0 spiro atoms. The highest BCUT2D eigenvalue weighted by Crippen LogP contribution is 2.39. The number of rotatable bonds is 1. The molecule has 0 saturated heterocycles. The summed E-state index contributed by atoms with van der Waals surface area (Å²) in [5.74, 6) is 0.976. The summed E-state index contributed by atoms with van der Waals surface area (Å²) in [7, 11) is 0. The van der Waals surface area contributed by atoms with E-state index in [4.69, 9.17) is 0 Å². The smallest absolute Gasteiger partial charge is 0.0650 e. The molecule has 1 rings (SSSR count). The molecule has 0 heterocycles. The van der Waals surface area contributed by atoms with Gasteiger partial charge in [-0.1, -0.05) is 19.1 Å². The van der Waals surface area contributed by atoms with Gasteiger partial charge in [-0.05, 0) is 44.9 Å². The summed E-state index contributed by atoms with van der Waals surface area (Å²) in [6, 6.07) is 0. The zero-order valence-corrected chi connectivity index (χ0v) is 8.43. The Morgan fingerprint density at radius 2 is 2.08 bits per heavy atom. The fourth-order valence-electron chi connectivity index (χ4n) is 1.98. The molecule has 1 nitrogen and oxygen atoms in total. The summed E-state index contributed by atoms with van der Waals surface area (Å²) >= 11 is 0. The van der Waals surface area contributed by atoms with Crippen LogP contribution in [0.4, 0.5) is 0 Å². The molecule has 1 fully saturated rings. The van der Waals surface area contributed by atoms with Crippen molar-refractivity contribution >= 4 is 0 Å². The van der Waals surface area contributed by atoms with Crippen LogP contribution < -0.4 is 0 Å². The average molecular weight is 168 g/mol. The first-order chi connectivity index (χ1) is 5.43. The molecule has 12 heavy (non-hydrogen) atoms. The first kappa shape index (κ1) is 9.79. The second-order valence-corrected chi connectivity index (χ2v) is 4.58. The molecular formula is C11H20O. The van der Waals surface area contributed by atoms with E-state index in [1.165, 1.54) is 12.0 Å². The minimum atomic E-state index is -0.470. The second kappa shape index (κ2) is 3.21. The van der Waals surface area contributed by atoms with Gasteiger partial charge in [0.1, 0.15) is 0 Å². The van der Waals surface area contributed by atoms with E-state index >= 15 is 0 Å². The van der Waals surface area contributed by atoms with E-state index < -0.39 is 5.60 Å². The van der Waals surface area contributed by atoms with E-state index in [9.17, 15) is 5.11 Å². The lowest BCUT2D eigenvalue weighted by Gasteiger charge is -2.39. The monoisotopic (exact) mass is 168 g/mol. The van der Waals surface area contributed by atoms with Crippen molar-refractivity contribution in [2.75, 3.05) is 0 Å². The lowest BCUT2D eigenvalue weighted by molar-refractivity contribution is -0.0375. The van der Waals surface area contributed by atoms with Gasteiger partial charge >= 0.3 is 0 Å². The van der Waals surface area contributed by atoms with Gasteiger partial charge in [0, 0.05) is 0 Å². The van der Waals surface area contributed by atoms with Crippen LogP contribution in [0, 0.1) is 11.8 Å². The summed E-state index contributed by atoms with van der Waals surface area (Å²) < 4.78 is 0. The van der Waals surface area contributed by atoms with Crippen LogP contribution >= 0.6 is 0 Å². The van der Waals surface area contributed by atoms with Crippen molar-refractivity contribution in [2.24, 2.45) is 11.8 Å². The Bertz CT molecular complexity index is 181. The van der Waals surface area contributed by atoms with Crippen LogP contribution in [-0.4, -0.2) is 10.7 Å². The van der Waals surface area contributed by atoms with Gasteiger partial charge in [0.15, 0.2) is 0 Å². The summed E-state index contributed by atoms with van der Waals surface area (Å²) in [5, 5.41) is 10.0. The van der Waals surface area contributed by atoms with Crippen molar-refractivity contribution in [3.05, 3.63) is 12.2 Å². The van der Waals surface area contributed by atoms with Crippen molar-refractivity contribution in [3.63, 3.8) is 0 Å². The van der Waals surface area contributed by atoms with Crippen molar-refractivity contribution in [1.82, 2.24) is 0 Å². The molecule has 0 aromatic carbocycles. The van der Waals surface area contributed by atoms with E-state index in [2.05, 4.69) is 20.4 Å². The Morgan fingerprint density at radius 3 is 2.50 bits per heavy atom. The van der Waals surface area contributed by atoms with Crippen LogP contribution in [0.2, 0.25) is 0 Å². The lowest BCUT2D eigenvalue weighted by atomic mass is 9.71. The predicted octanol–water partition coefficient (Wildman–Crippen LogP) is 2.75. The molecule has 1 saturated carbocycles. The third-order valence-corrected chi connectivity index (χ3v) is 3.37. The normalized spacial score (nSPS) is 42.7. The van der Waals surface area contributed by atoms with Crippen molar-refractivity contribution < 1.29 is 5.11 Å². The molecule has 0 unspecified atom stereocenters. The largest absolute Gasteiger partial charge is 0.390 e. The number of hydrogen-bond donors (Lipinski definition) is 1. The van der Waals surface area contributed by atoms with Crippen LogP contribution in [0.15, 0.2) is 12.2 Å². The van der Waals surface area contributed by atoms with Crippen LogP contribution in [0.1, 0.15) is 40.0 Å². The molecule has 1 heteroatoms. The minimum absolute atomic E-state index is 0.438. The summed E-state index contributed by atoms with van der Waals surface area (Å²) in [6.45, 7) is 10.1. The molecule has 70 valence electrons. The molecule has 0 aromatic rings. The second-order valence-electron chi connectivity index (χ2n) is 4.58. The molecule has 1 aliphatic carbocycles. The Balaban J connectivity index is 2.63. The zero-order valence-electron chi connectivity index (χ0n) is 8.43. The highest BCUT2D eigenvalue weighted by Gasteiger charge is 2.35. The summed E-state index contributed by atoms with van der Waals surface area (Å²) in [5.41, 5.74) is 0.754. The highest BCUT2D eigenvalue weighted by atomic mass is 16.3. The van der Waals surface area contributed by atoms with E-state index in [0.717, 1.165) is 12.8 Å². The SMILES string of the molecule is C=C(C)[C@@H]1CC[C@H](C)[C@@](C)(O)C1. The van der Waals surface area contributed by atoms with Gasteiger partial charge in [0.25, 0.3) is 0 Å². The van der Waals surface area contributed by atoms with E-state index in [0.29, 0.717) is 11.8 Å². The average Bonchev–Trinajstić information content (AvgIpc) is 1.94. The quantitative estimate of drug-likeness (QED) is 0.597. The van der Waals surface area contributed by atoms with Gasteiger partial charge in [-0.15, -0.1) is 0 Å². The first-order valence-corrected chi connectivity index (χ1v) is 4.81. The van der Waals surface area contributed by atoms with E-state index in [1.54, 1.807) is 0 Å². The molecule has 0 aromatic heterocycles. The van der Waals surface area contributed by atoms with Gasteiger partial charge in [-0.2, -0.15) is 0 Å². The first-order valence-electron chi connectivity index (χ1n) is 4.81. The van der Waals surface area contributed by atoms with E-state index in [1.807, 2.05) is 6.92 Å². The maximum Gasteiger partial charge on any atom is 0.0650 e. The van der Waals surface area contributed by atoms with Crippen LogP contribution in [0.5, 0.6) is 0 Å². The van der Waals surface area contributed by atoms with Crippen molar-refractivity contribution in [3.8, 4) is 0 Å². The molecule has 0 aliphatic heterocycles. The molecule has 1 aliphatic rings. The third kappa shape index (κ3) is 1.89. The number of hydrogen-bond acceptors (Lipinski definition) is 1. The number of allylic oxidation sites excluding steroid dienone is 1. The Labute approximate surface area is 75.5 Å². The molecule has 0 amide bonds. The van der Waals surface area contributed by atoms with Gasteiger partial charge < -0.3 is 5.11 Å². The molecular weight excluding hydrogens is 148 g/mol. The van der Waals surface area contributed by atoms with Gasteiger partial charge in [-0.3, -0.25) is 0 Å². The third-order valence-electron chi connectivity index (χ3n) is 3.37. The lowest BCUT2D eigenvalue weighted by Crippen LogP contribution is -2.39. The fourth-order valence-corrected chi connectivity index (χ4v) is 1.98. The highest BCUT2D eigenvalue weighted by molar-refractivity contribution is 5.02. The van der Waals surface area contributed by atoms with Gasteiger partial charge in [-0.25, -0.2) is 0 Å². The number of aliphatic hydroxyl groups is 1. The Morgan fingerprint density at radius 1 is 1.50 bits per heavy atom. The predicted molar refractivity (Wildman–Crippen MR) is 51.9 cm³/mol. The minimum Gasteiger partial charge on any atom is -0.390 e. The zero-order chi connectivity index (χ0) is 9.35. The summed E-state index contributed by atoms with van der Waals surface area (Å²) in [6.07, 6.45) is 3.22. The van der Waals surface area contributed by atoms with Crippen molar-refractivity contribution in [1.29, 1.82) is 0 Å².